The fraction of sp³-hybridized carbons (Fsp3) is 0.296. The monoisotopic (exact) mass is 540 g/mol. The molecular formula is C27H29ClN4O4S. The summed E-state index contributed by atoms with van der Waals surface area (Å²) in [5.41, 5.74) is 3.66. The molecule has 37 heavy (non-hydrogen) atoms. The van der Waals surface area contributed by atoms with Gasteiger partial charge in [-0.2, -0.15) is 0 Å². The molecule has 0 aliphatic carbocycles. The normalized spacial score (nSPS) is 14.1. The summed E-state index contributed by atoms with van der Waals surface area (Å²) in [6.07, 6.45) is 1.25. The van der Waals surface area contributed by atoms with Crippen LogP contribution in [-0.4, -0.2) is 55.5 Å². The molecule has 1 atom stereocenters. The Bertz CT molecular complexity index is 1250. The number of rotatable bonds is 8. The van der Waals surface area contributed by atoms with Crippen LogP contribution in [0.5, 0.6) is 5.06 Å². The summed E-state index contributed by atoms with van der Waals surface area (Å²) >= 11 is 7.02. The minimum absolute atomic E-state index is 0.167. The van der Waals surface area contributed by atoms with Gasteiger partial charge < -0.3 is 25.6 Å². The minimum Gasteiger partial charge on any atom is -0.399 e. The Morgan fingerprint density at radius 1 is 1.03 bits per heavy atom. The summed E-state index contributed by atoms with van der Waals surface area (Å²) in [4.78, 5) is 40.4. The number of amides is 3. The zero-order chi connectivity index (χ0) is 26.2. The van der Waals surface area contributed by atoms with Crippen LogP contribution in [0.25, 0.3) is 0 Å². The number of nitrogens with zero attached hydrogens (tertiary/aromatic N) is 1. The molecule has 1 aromatic heterocycles. The average molecular weight is 541 g/mol. The topological polar surface area (TPSA) is 99.8 Å². The molecule has 0 fully saturated rings. The highest BCUT2D eigenvalue weighted by Crippen LogP contribution is 2.28. The number of carbonyl (C=O) groups excluding carboxylic acids is 3. The first-order valence-electron chi connectivity index (χ1n) is 12.1. The second-order valence-electron chi connectivity index (χ2n) is 8.83. The van der Waals surface area contributed by atoms with Gasteiger partial charge in [-0.1, -0.05) is 47.2 Å². The van der Waals surface area contributed by atoms with Crippen LogP contribution in [0.1, 0.15) is 27.9 Å². The number of anilines is 1. The van der Waals surface area contributed by atoms with E-state index in [4.69, 9.17) is 16.3 Å². The summed E-state index contributed by atoms with van der Waals surface area (Å²) in [5, 5.41) is 8.64. The highest BCUT2D eigenvalue weighted by atomic mass is 35.5. The van der Waals surface area contributed by atoms with Gasteiger partial charge in [0.25, 0.3) is 5.91 Å². The Morgan fingerprint density at radius 3 is 2.51 bits per heavy atom. The van der Waals surface area contributed by atoms with E-state index in [1.165, 1.54) is 11.1 Å². The second-order valence-corrected chi connectivity index (χ2v) is 10.5. The van der Waals surface area contributed by atoms with Crippen molar-refractivity contribution >= 4 is 46.5 Å². The van der Waals surface area contributed by atoms with Crippen LogP contribution in [0.15, 0.2) is 60.7 Å². The van der Waals surface area contributed by atoms with Gasteiger partial charge in [-0.3, -0.25) is 9.59 Å². The molecule has 1 aliphatic heterocycles. The van der Waals surface area contributed by atoms with Crippen molar-refractivity contribution in [3.63, 3.8) is 0 Å². The van der Waals surface area contributed by atoms with Gasteiger partial charge in [0.05, 0.1) is 4.34 Å². The van der Waals surface area contributed by atoms with Crippen molar-refractivity contribution in [1.82, 2.24) is 15.5 Å². The Hall–Kier alpha value is -3.40. The maximum absolute atomic E-state index is 13.2. The molecule has 2 heterocycles. The van der Waals surface area contributed by atoms with Gasteiger partial charge in [0.1, 0.15) is 6.04 Å². The fourth-order valence-corrected chi connectivity index (χ4v) is 4.92. The van der Waals surface area contributed by atoms with Crippen LogP contribution >= 0.6 is 22.9 Å². The molecular weight excluding hydrogens is 512 g/mol. The fourth-order valence-electron chi connectivity index (χ4n) is 4.05. The van der Waals surface area contributed by atoms with E-state index in [9.17, 15) is 14.4 Å². The van der Waals surface area contributed by atoms with E-state index in [1.807, 2.05) is 24.3 Å². The third kappa shape index (κ3) is 7.79. The average Bonchev–Trinajstić information content (AvgIpc) is 3.20. The molecule has 3 amide bonds. The highest BCUT2D eigenvalue weighted by molar-refractivity contribution is 7.17. The zero-order valence-electron chi connectivity index (χ0n) is 20.5. The molecule has 8 nitrogen and oxygen atoms in total. The van der Waals surface area contributed by atoms with Gasteiger partial charge in [0, 0.05) is 30.9 Å². The van der Waals surface area contributed by atoms with Gasteiger partial charge in [-0.05, 0) is 73.8 Å². The van der Waals surface area contributed by atoms with Crippen molar-refractivity contribution in [1.29, 1.82) is 0 Å². The molecule has 2 aromatic carbocycles. The van der Waals surface area contributed by atoms with Gasteiger partial charge in [-0.25, -0.2) is 4.79 Å². The lowest BCUT2D eigenvalue weighted by Gasteiger charge is -2.19. The predicted octanol–water partition coefficient (Wildman–Crippen LogP) is 4.35. The Balaban J connectivity index is 1.41. The molecule has 0 saturated heterocycles. The van der Waals surface area contributed by atoms with E-state index in [2.05, 4.69) is 27.9 Å². The zero-order valence-corrected chi connectivity index (χ0v) is 22.0. The molecule has 0 saturated carbocycles. The number of benzene rings is 2. The SMILES string of the molecule is CN1CCc2ccc(NC(=O)[C@@H](CCNC(=O)c3ccccc3)NC(=O)Oc3ccc(Cl)s3)cc2CC1. The molecule has 10 heteroatoms. The van der Waals surface area contributed by atoms with Crippen molar-refractivity contribution in [3.8, 4) is 5.06 Å². The first kappa shape index (κ1) is 26.7. The lowest BCUT2D eigenvalue weighted by Crippen LogP contribution is -2.46. The molecule has 194 valence electrons. The maximum Gasteiger partial charge on any atom is 0.414 e. The number of halogens is 1. The standard InChI is InChI=1S/C27H29ClN4O4S/c1-32-15-12-18-7-8-21(17-20(18)13-16-32)30-26(34)22(31-27(35)36-24-10-9-23(28)37-24)11-14-29-25(33)19-5-3-2-4-6-19/h2-10,17,22H,11-16H2,1H3,(H,29,33)(H,30,34)(H,31,35)/t22-/m1/s1. The van der Waals surface area contributed by atoms with Gasteiger partial charge in [-0.15, -0.1) is 0 Å². The van der Waals surface area contributed by atoms with Crippen LogP contribution in [-0.2, 0) is 17.6 Å². The molecule has 1 aliphatic rings. The summed E-state index contributed by atoms with van der Waals surface area (Å²) < 4.78 is 5.75. The lowest BCUT2D eigenvalue weighted by atomic mass is 10.0. The number of likely N-dealkylation sites (N-methyl/N-ethyl adjacent to an activating group) is 1. The van der Waals surface area contributed by atoms with Crippen LogP contribution < -0.4 is 20.7 Å². The number of fused-ring (bicyclic) bond motifs is 1. The molecule has 3 aromatic rings. The van der Waals surface area contributed by atoms with E-state index in [0.29, 0.717) is 20.7 Å². The molecule has 4 rings (SSSR count). The lowest BCUT2D eigenvalue weighted by molar-refractivity contribution is -0.118. The summed E-state index contributed by atoms with van der Waals surface area (Å²) in [6, 6.07) is 17.0. The summed E-state index contributed by atoms with van der Waals surface area (Å²) in [6.45, 7) is 2.12. The van der Waals surface area contributed by atoms with E-state index in [-0.39, 0.29) is 18.9 Å². The third-order valence-electron chi connectivity index (χ3n) is 6.10. The number of hydrogen-bond acceptors (Lipinski definition) is 6. The molecule has 3 N–H and O–H groups in total. The van der Waals surface area contributed by atoms with Crippen LogP contribution in [0, 0.1) is 0 Å². The molecule has 0 unspecified atom stereocenters. The second kappa shape index (κ2) is 12.7. The quantitative estimate of drug-likeness (QED) is 0.394. The number of hydrogen-bond donors (Lipinski definition) is 3. The van der Waals surface area contributed by atoms with Gasteiger partial charge in [0.2, 0.25) is 5.91 Å². The number of nitrogens with one attached hydrogen (secondary N) is 3. The van der Waals surface area contributed by atoms with Crippen molar-refractivity contribution in [2.75, 3.05) is 32.0 Å². The van der Waals surface area contributed by atoms with Crippen molar-refractivity contribution in [2.45, 2.75) is 25.3 Å². The smallest absolute Gasteiger partial charge is 0.399 e. The molecule has 0 radical (unpaired) electrons. The number of thiophene rings is 1. The van der Waals surface area contributed by atoms with Crippen molar-refractivity contribution < 1.29 is 19.1 Å². The van der Waals surface area contributed by atoms with Crippen LogP contribution in [0.4, 0.5) is 10.5 Å². The summed E-state index contributed by atoms with van der Waals surface area (Å²) in [7, 11) is 2.10. The minimum atomic E-state index is -0.941. The van der Waals surface area contributed by atoms with E-state index in [1.54, 1.807) is 36.4 Å². The van der Waals surface area contributed by atoms with Gasteiger partial charge in [0.15, 0.2) is 5.06 Å². The van der Waals surface area contributed by atoms with Crippen molar-refractivity contribution in [3.05, 3.63) is 81.7 Å². The first-order valence-corrected chi connectivity index (χ1v) is 13.2. The van der Waals surface area contributed by atoms with Gasteiger partial charge >= 0.3 is 6.09 Å². The largest absolute Gasteiger partial charge is 0.414 e. The third-order valence-corrected chi connectivity index (χ3v) is 7.21. The van der Waals surface area contributed by atoms with Crippen LogP contribution in [0.3, 0.4) is 0 Å². The Labute approximate surface area is 225 Å². The molecule has 0 spiro atoms. The number of ether oxygens (including phenoxy) is 1. The summed E-state index contributed by atoms with van der Waals surface area (Å²) in [5.74, 6) is -0.660. The van der Waals surface area contributed by atoms with E-state index in [0.717, 1.165) is 37.3 Å². The molecule has 0 bridgehead atoms. The first-order chi connectivity index (χ1) is 17.9. The van der Waals surface area contributed by atoms with E-state index < -0.39 is 18.0 Å². The van der Waals surface area contributed by atoms with E-state index >= 15 is 0 Å². The van der Waals surface area contributed by atoms with Crippen molar-refractivity contribution in [2.24, 2.45) is 0 Å². The number of carbonyl (C=O) groups is 3. The Morgan fingerprint density at radius 2 is 1.78 bits per heavy atom. The highest BCUT2D eigenvalue weighted by Gasteiger charge is 2.23. The predicted molar refractivity (Wildman–Crippen MR) is 146 cm³/mol. The van der Waals surface area contributed by atoms with Crippen LogP contribution in [0.2, 0.25) is 4.34 Å². The Kier molecular flexibility index (Phi) is 9.16. The maximum atomic E-state index is 13.2.